The molecule has 0 unspecified atom stereocenters. The Morgan fingerprint density at radius 3 is 2.85 bits per heavy atom. The minimum absolute atomic E-state index is 0.105. The third kappa shape index (κ3) is 3.19. The lowest BCUT2D eigenvalue weighted by Gasteiger charge is -2.05. The summed E-state index contributed by atoms with van der Waals surface area (Å²) in [5.41, 5.74) is 6.69. The van der Waals surface area contributed by atoms with Gasteiger partial charge in [0.25, 0.3) is 0 Å². The number of esters is 1. The van der Waals surface area contributed by atoms with Crippen LogP contribution in [0.15, 0.2) is 12.7 Å². The largest absolute Gasteiger partial charge is 0.481 e. The molecule has 2 aromatic rings. The molecule has 0 radical (unpaired) electrons. The summed E-state index contributed by atoms with van der Waals surface area (Å²) < 4.78 is 6.60. The third-order valence-corrected chi connectivity index (χ3v) is 2.57. The molecule has 2 rings (SSSR count). The molecule has 0 bridgehead atoms. The normalized spacial score (nSPS) is 10.6. The number of ether oxygens (including phenoxy) is 1. The Bertz CT molecular complexity index is 639. The highest BCUT2D eigenvalue weighted by molar-refractivity contribution is 5.81. The summed E-state index contributed by atoms with van der Waals surface area (Å²) in [6.45, 7) is 0.458. The summed E-state index contributed by atoms with van der Waals surface area (Å²) in [7, 11) is 0. The molecule has 2 heterocycles. The van der Waals surface area contributed by atoms with E-state index in [1.54, 1.807) is 4.57 Å². The zero-order valence-electron chi connectivity index (χ0n) is 10.5. The van der Waals surface area contributed by atoms with Crippen molar-refractivity contribution < 1.29 is 19.4 Å². The molecule has 2 aromatic heterocycles. The summed E-state index contributed by atoms with van der Waals surface area (Å²) in [6, 6.07) is 0. The maximum atomic E-state index is 11.2. The van der Waals surface area contributed by atoms with Crippen LogP contribution in [0.5, 0.6) is 0 Å². The van der Waals surface area contributed by atoms with Crippen molar-refractivity contribution in [1.29, 1.82) is 0 Å². The Labute approximate surface area is 113 Å². The maximum absolute atomic E-state index is 11.2. The van der Waals surface area contributed by atoms with Gasteiger partial charge < -0.3 is 20.1 Å². The molecule has 0 aliphatic carbocycles. The van der Waals surface area contributed by atoms with Gasteiger partial charge in [0.05, 0.1) is 25.7 Å². The molecule has 9 nitrogen and oxygen atoms in total. The standard InChI is InChI=1S/C11H13N5O4/c12-10-9-11(14-5-13-10)16(6-15-9)3-4-20-8(19)2-1-7(17)18/h5-6H,1-4H2,(H,17,18)(H2,12,13,14). The number of rotatable bonds is 6. The summed E-state index contributed by atoms with van der Waals surface area (Å²) in [5, 5.41) is 8.44. The number of nitrogens with two attached hydrogens (primary N) is 1. The molecule has 9 heteroatoms. The van der Waals surface area contributed by atoms with Crippen molar-refractivity contribution in [3.63, 3.8) is 0 Å². The van der Waals surface area contributed by atoms with E-state index in [0.29, 0.717) is 17.7 Å². The third-order valence-electron chi connectivity index (χ3n) is 2.57. The molecule has 0 saturated heterocycles. The number of hydrogen-bond donors (Lipinski definition) is 2. The topological polar surface area (TPSA) is 133 Å². The number of anilines is 1. The number of nitrogen functional groups attached to an aromatic ring is 1. The molecule has 3 N–H and O–H groups in total. The van der Waals surface area contributed by atoms with Gasteiger partial charge in [-0.3, -0.25) is 9.59 Å². The van der Waals surface area contributed by atoms with Crippen LogP contribution in [0.3, 0.4) is 0 Å². The van der Waals surface area contributed by atoms with E-state index >= 15 is 0 Å². The molecule has 106 valence electrons. The molecule has 0 aromatic carbocycles. The summed E-state index contributed by atoms with van der Waals surface area (Å²) in [4.78, 5) is 33.5. The van der Waals surface area contributed by atoms with Gasteiger partial charge >= 0.3 is 11.9 Å². The molecule has 0 aliphatic rings. The highest BCUT2D eigenvalue weighted by Gasteiger charge is 2.09. The van der Waals surface area contributed by atoms with Gasteiger partial charge in [0.2, 0.25) is 0 Å². The van der Waals surface area contributed by atoms with Crippen molar-refractivity contribution in [2.75, 3.05) is 12.3 Å². The summed E-state index contributed by atoms with van der Waals surface area (Å²) in [6.07, 6.45) is 2.47. The first-order valence-corrected chi connectivity index (χ1v) is 5.86. The van der Waals surface area contributed by atoms with Crippen molar-refractivity contribution >= 4 is 28.9 Å². The average Bonchev–Trinajstić information content (AvgIpc) is 2.81. The van der Waals surface area contributed by atoms with E-state index in [1.165, 1.54) is 12.7 Å². The van der Waals surface area contributed by atoms with Crippen molar-refractivity contribution in [3.05, 3.63) is 12.7 Å². The highest BCUT2D eigenvalue weighted by Crippen LogP contribution is 2.13. The lowest BCUT2D eigenvalue weighted by molar-refractivity contribution is -0.147. The number of imidazole rings is 1. The predicted molar refractivity (Wildman–Crippen MR) is 67.6 cm³/mol. The Hall–Kier alpha value is -2.71. The lowest BCUT2D eigenvalue weighted by atomic mass is 10.3. The monoisotopic (exact) mass is 279 g/mol. The Morgan fingerprint density at radius 2 is 2.10 bits per heavy atom. The van der Waals surface area contributed by atoms with Gasteiger partial charge in [-0.2, -0.15) is 0 Å². The second-order valence-electron chi connectivity index (χ2n) is 3.98. The second kappa shape index (κ2) is 5.95. The van der Waals surface area contributed by atoms with Gasteiger partial charge in [0.1, 0.15) is 18.5 Å². The summed E-state index contributed by atoms with van der Waals surface area (Å²) >= 11 is 0. The van der Waals surface area contributed by atoms with Crippen molar-refractivity contribution in [2.45, 2.75) is 19.4 Å². The summed E-state index contributed by atoms with van der Waals surface area (Å²) in [5.74, 6) is -1.30. The number of carbonyl (C=O) groups is 2. The van der Waals surface area contributed by atoms with E-state index < -0.39 is 11.9 Å². The van der Waals surface area contributed by atoms with Crippen LogP contribution in [0.25, 0.3) is 11.2 Å². The van der Waals surface area contributed by atoms with Crippen LogP contribution in [0.2, 0.25) is 0 Å². The van der Waals surface area contributed by atoms with E-state index in [-0.39, 0.29) is 25.3 Å². The fraction of sp³-hybridized carbons (Fsp3) is 0.364. The van der Waals surface area contributed by atoms with Crippen LogP contribution in [0, 0.1) is 0 Å². The van der Waals surface area contributed by atoms with E-state index in [2.05, 4.69) is 15.0 Å². The van der Waals surface area contributed by atoms with Crippen LogP contribution in [-0.2, 0) is 20.9 Å². The Balaban J connectivity index is 1.89. The van der Waals surface area contributed by atoms with Crippen LogP contribution in [0.4, 0.5) is 5.82 Å². The number of carboxylic acid groups (broad SMARTS) is 1. The first kappa shape index (κ1) is 13.7. The number of aromatic nitrogens is 4. The lowest BCUT2D eigenvalue weighted by Crippen LogP contribution is -2.12. The van der Waals surface area contributed by atoms with Crippen LogP contribution in [-0.4, -0.2) is 43.2 Å². The van der Waals surface area contributed by atoms with Gasteiger partial charge in [-0.1, -0.05) is 0 Å². The quantitative estimate of drug-likeness (QED) is 0.695. The molecule has 0 aliphatic heterocycles. The number of aliphatic carboxylic acids is 1. The maximum Gasteiger partial charge on any atom is 0.306 e. The van der Waals surface area contributed by atoms with Gasteiger partial charge in [0.15, 0.2) is 11.5 Å². The van der Waals surface area contributed by atoms with E-state index in [1.807, 2.05) is 0 Å². The van der Waals surface area contributed by atoms with Gasteiger partial charge in [0, 0.05) is 0 Å². The molecule has 0 atom stereocenters. The first-order chi connectivity index (χ1) is 9.58. The zero-order chi connectivity index (χ0) is 14.5. The van der Waals surface area contributed by atoms with Gasteiger partial charge in [-0.25, -0.2) is 15.0 Å². The smallest absolute Gasteiger partial charge is 0.306 e. The zero-order valence-corrected chi connectivity index (χ0v) is 10.5. The first-order valence-electron chi connectivity index (χ1n) is 5.86. The molecule has 0 fully saturated rings. The van der Waals surface area contributed by atoms with Crippen LogP contribution < -0.4 is 5.73 Å². The van der Waals surface area contributed by atoms with Crippen molar-refractivity contribution in [3.8, 4) is 0 Å². The van der Waals surface area contributed by atoms with Crippen LogP contribution >= 0.6 is 0 Å². The van der Waals surface area contributed by atoms with E-state index in [4.69, 9.17) is 15.6 Å². The van der Waals surface area contributed by atoms with E-state index in [0.717, 1.165) is 0 Å². The predicted octanol–water partition coefficient (Wildman–Crippen LogP) is -0.184. The minimum atomic E-state index is -1.03. The molecular weight excluding hydrogens is 266 g/mol. The van der Waals surface area contributed by atoms with E-state index in [9.17, 15) is 9.59 Å². The number of carbonyl (C=O) groups excluding carboxylic acids is 1. The van der Waals surface area contributed by atoms with Gasteiger partial charge in [-0.15, -0.1) is 0 Å². The number of nitrogens with zero attached hydrogens (tertiary/aromatic N) is 4. The molecule has 20 heavy (non-hydrogen) atoms. The fourth-order valence-corrected chi connectivity index (χ4v) is 1.60. The minimum Gasteiger partial charge on any atom is -0.481 e. The average molecular weight is 279 g/mol. The SMILES string of the molecule is Nc1ncnc2c1ncn2CCOC(=O)CCC(=O)O. The second-order valence-corrected chi connectivity index (χ2v) is 3.98. The highest BCUT2D eigenvalue weighted by atomic mass is 16.5. The number of hydrogen-bond acceptors (Lipinski definition) is 7. The Kier molecular flexibility index (Phi) is 4.08. The Morgan fingerprint density at radius 1 is 1.30 bits per heavy atom. The molecular formula is C11H13N5O4. The fourth-order valence-electron chi connectivity index (χ4n) is 1.60. The van der Waals surface area contributed by atoms with Crippen molar-refractivity contribution in [1.82, 2.24) is 19.5 Å². The van der Waals surface area contributed by atoms with Crippen LogP contribution in [0.1, 0.15) is 12.8 Å². The molecule has 0 amide bonds. The van der Waals surface area contributed by atoms with Gasteiger partial charge in [-0.05, 0) is 0 Å². The number of carboxylic acids is 1. The molecule has 0 saturated carbocycles. The molecule has 0 spiro atoms. The number of fused-ring (bicyclic) bond motifs is 1. The van der Waals surface area contributed by atoms with Crippen molar-refractivity contribution in [2.24, 2.45) is 0 Å².